The number of carbonyl (C=O) groups is 1. The molecule has 0 radical (unpaired) electrons. The fraction of sp³-hybridized carbons (Fsp3) is 0. The van der Waals surface area contributed by atoms with Crippen LogP contribution in [0.4, 0.5) is 17.1 Å². The van der Waals surface area contributed by atoms with E-state index in [4.69, 9.17) is 0 Å². The van der Waals surface area contributed by atoms with Crippen molar-refractivity contribution in [3.8, 4) is 5.75 Å². The maximum atomic E-state index is 10.7. The SMILES string of the molecule is O=C([O-])c1cc(/N=N/c2ccc([N+](=O)[O-])cc2)ccc1O.[Na+]. The fourth-order valence-electron chi connectivity index (χ4n) is 1.51. The Balaban J connectivity index is 0.00000242. The van der Waals surface area contributed by atoms with E-state index in [2.05, 4.69) is 10.2 Å². The van der Waals surface area contributed by atoms with Crippen molar-refractivity contribution >= 4 is 23.0 Å². The Kier molecular flexibility index (Phi) is 6.17. The van der Waals surface area contributed by atoms with Crippen molar-refractivity contribution < 1.29 is 49.5 Å². The van der Waals surface area contributed by atoms with Gasteiger partial charge in [-0.15, -0.1) is 0 Å². The van der Waals surface area contributed by atoms with E-state index in [9.17, 15) is 25.1 Å². The van der Waals surface area contributed by atoms with E-state index in [0.29, 0.717) is 5.69 Å². The van der Waals surface area contributed by atoms with Gasteiger partial charge in [-0.05, 0) is 30.3 Å². The zero-order chi connectivity index (χ0) is 15.4. The van der Waals surface area contributed by atoms with Crippen LogP contribution in [0.5, 0.6) is 5.75 Å². The molecule has 0 heterocycles. The normalized spacial score (nSPS) is 10.2. The average Bonchev–Trinajstić information content (AvgIpc) is 2.46. The van der Waals surface area contributed by atoms with Crippen molar-refractivity contribution in [1.29, 1.82) is 0 Å². The standard InChI is InChI=1S/C13H9N3O5.Na/c17-12-6-3-9(7-11(12)13(18)19)15-14-8-1-4-10(5-2-8)16(20)21;/h1-7,17H,(H,18,19);/q;+1/p-1/b15-14+;. The predicted molar refractivity (Wildman–Crippen MR) is 69.7 cm³/mol. The maximum absolute atomic E-state index is 10.7. The number of nitro benzene ring substituents is 1. The zero-order valence-electron chi connectivity index (χ0n) is 11.5. The number of hydrogen-bond acceptors (Lipinski definition) is 7. The Morgan fingerprint density at radius 3 is 2.14 bits per heavy atom. The van der Waals surface area contributed by atoms with Crippen LogP contribution in [0.25, 0.3) is 0 Å². The molecular formula is C13H8N3NaO5. The summed E-state index contributed by atoms with van der Waals surface area (Å²) in [5.74, 6) is -1.95. The van der Waals surface area contributed by atoms with E-state index < -0.39 is 22.2 Å². The first-order valence-corrected chi connectivity index (χ1v) is 5.68. The van der Waals surface area contributed by atoms with E-state index in [1.807, 2.05) is 0 Å². The summed E-state index contributed by atoms with van der Waals surface area (Å²) < 4.78 is 0. The Labute approximate surface area is 146 Å². The number of rotatable bonds is 4. The number of phenols is 1. The third kappa shape index (κ3) is 4.35. The van der Waals surface area contributed by atoms with Crippen molar-refractivity contribution in [3.05, 3.63) is 58.1 Å². The number of carbonyl (C=O) groups excluding carboxylic acids is 1. The molecule has 2 aromatic carbocycles. The summed E-state index contributed by atoms with van der Waals surface area (Å²) in [4.78, 5) is 20.7. The number of benzene rings is 2. The summed E-state index contributed by atoms with van der Waals surface area (Å²) in [6.45, 7) is 0. The molecule has 0 atom stereocenters. The molecule has 0 saturated heterocycles. The Morgan fingerprint density at radius 1 is 1.05 bits per heavy atom. The second-order valence-corrected chi connectivity index (χ2v) is 3.96. The van der Waals surface area contributed by atoms with E-state index in [1.165, 1.54) is 30.3 Å². The van der Waals surface area contributed by atoms with Gasteiger partial charge in [0.05, 0.1) is 22.3 Å². The van der Waals surface area contributed by atoms with Crippen molar-refractivity contribution in [1.82, 2.24) is 0 Å². The van der Waals surface area contributed by atoms with Crippen LogP contribution in [0.3, 0.4) is 0 Å². The number of aromatic carboxylic acids is 1. The molecule has 0 saturated carbocycles. The second-order valence-electron chi connectivity index (χ2n) is 3.96. The van der Waals surface area contributed by atoms with Crippen LogP contribution < -0.4 is 34.7 Å². The molecule has 106 valence electrons. The van der Waals surface area contributed by atoms with Crippen molar-refractivity contribution in [2.45, 2.75) is 0 Å². The van der Waals surface area contributed by atoms with E-state index in [0.717, 1.165) is 12.1 Å². The van der Waals surface area contributed by atoms with E-state index >= 15 is 0 Å². The number of carboxylic acid groups (broad SMARTS) is 1. The van der Waals surface area contributed by atoms with Crippen LogP contribution in [0.1, 0.15) is 10.4 Å². The van der Waals surface area contributed by atoms with Crippen LogP contribution in [0.15, 0.2) is 52.7 Å². The number of nitro groups is 1. The van der Waals surface area contributed by atoms with E-state index in [1.54, 1.807) is 0 Å². The van der Waals surface area contributed by atoms with Gasteiger partial charge in [-0.2, -0.15) is 10.2 Å². The molecule has 0 bridgehead atoms. The third-order valence-electron chi connectivity index (χ3n) is 2.54. The van der Waals surface area contributed by atoms with Gasteiger partial charge < -0.3 is 15.0 Å². The largest absolute Gasteiger partial charge is 1.00 e. The first-order chi connectivity index (χ1) is 9.97. The van der Waals surface area contributed by atoms with Crippen LogP contribution in [0, 0.1) is 10.1 Å². The number of non-ortho nitro benzene ring substituents is 1. The van der Waals surface area contributed by atoms with Gasteiger partial charge in [-0.3, -0.25) is 10.1 Å². The van der Waals surface area contributed by atoms with Gasteiger partial charge in [0, 0.05) is 17.7 Å². The van der Waals surface area contributed by atoms with Crippen molar-refractivity contribution in [2.75, 3.05) is 0 Å². The van der Waals surface area contributed by atoms with E-state index in [-0.39, 0.29) is 40.9 Å². The molecule has 0 amide bonds. The van der Waals surface area contributed by atoms with Gasteiger partial charge >= 0.3 is 29.6 Å². The maximum Gasteiger partial charge on any atom is 1.00 e. The second kappa shape index (κ2) is 7.64. The number of aromatic hydroxyl groups is 1. The monoisotopic (exact) mass is 309 g/mol. The molecule has 0 spiro atoms. The first-order valence-electron chi connectivity index (χ1n) is 5.68. The fourth-order valence-corrected chi connectivity index (χ4v) is 1.51. The molecule has 0 aliphatic rings. The smallest absolute Gasteiger partial charge is 0.545 e. The molecule has 8 nitrogen and oxygen atoms in total. The van der Waals surface area contributed by atoms with Crippen LogP contribution in [0.2, 0.25) is 0 Å². The summed E-state index contributed by atoms with van der Waals surface area (Å²) in [5.41, 5.74) is 0.0991. The number of carboxylic acids is 1. The minimum Gasteiger partial charge on any atom is -0.545 e. The predicted octanol–water partition coefficient (Wildman–Crippen LogP) is -0.917. The van der Waals surface area contributed by atoms with Gasteiger partial charge in [-0.25, -0.2) is 0 Å². The topological polar surface area (TPSA) is 128 Å². The Bertz CT molecular complexity index is 731. The summed E-state index contributed by atoms with van der Waals surface area (Å²) in [6.07, 6.45) is 0. The van der Waals surface area contributed by atoms with Gasteiger partial charge in [-0.1, -0.05) is 0 Å². The minimum atomic E-state index is -1.53. The Morgan fingerprint density at radius 2 is 1.59 bits per heavy atom. The van der Waals surface area contributed by atoms with Crippen LogP contribution in [-0.4, -0.2) is 16.0 Å². The summed E-state index contributed by atoms with van der Waals surface area (Å²) in [6, 6.07) is 9.00. The number of hydrogen-bond donors (Lipinski definition) is 1. The third-order valence-corrected chi connectivity index (χ3v) is 2.54. The van der Waals surface area contributed by atoms with Gasteiger partial charge in [0.25, 0.3) is 5.69 Å². The molecule has 0 aliphatic heterocycles. The van der Waals surface area contributed by atoms with Crippen LogP contribution in [-0.2, 0) is 0 Å². The average molecular weight is 309 g/mol. The molecule has 2 rings (SSSR count). The molecule has 0 fully saturated rings. The molecule has 0 aromatic heterocycles. The molecule has 0 aliphatic carbocycles. The van der Waals surface area contributed by atoms with Crippen molar-refractivity contribution in [3.63, 3.8) is 0 Å². The van der Waals surface area contributed by atoms with Gasteiger partial charge in [0.1, 0.15) is 5.75 Å². The summed E-state index contributed by atoms with van der Waals surface area (Å²) in [5, 5.41) is 38.2. The zero-order valence-corrected chi connectivity index (χ0v) is 13.5. The molecule has 1 N–H and O–H groups in total. The Hall–Kier alpha value is -2.29. The quantitative estimate of drug-likeness (QED) is 0.338. The minimum absolute atomic E-state index is 0. The van der Waals surface area contributed by atoms with Gasteiger partial charge in [0.2, 0.25) is 0 Å². The number of azo groups is 1. The summed E-state index contributed by atoms with van der Waals surface area (Å²) >= 11 is 0. The van der Waals surface area contributed by atoms with Gasteiger partial charge in [0.15, 0.2) is 0 Å². The molecule has 2 aromatic rings. The van der Waals surface area contributed by atoms with Crippen molar-refractivity contribution in [2.24, 2.45) is 10.2 Å². The molecular weight excluding hydrogens is 301 g/mol. The molecule has 0 unspecified atom stereocenters. The molecule has 9 heteroatoms. The summed E-state index contributed by atoms with van der Waals surface area (Å²) in [7, 11) is 0. The first kappa shape index (κ1) is 17.8. The number of nitrogens with zero attached hydrogens (tertiary/aromatic N) is 3. The molecule has 22 heavy (non-hydrogen) atoms. The van der Waals surface area contributed by atoms with Crippen LogP contribution >= 0.6 is 0 Å².